The molecular formula is C14H16O3. The van der Waals surface area contributed by atoms with Gasteiger partial charge in [0.15, 0.2) is 5.78 Å². The van der Waals surface area contributed by atoms with Crippen LogP contribution in [0.25, 0.3) is 0 Å². The van der Waals surface area contributed by atoms with Crippen molar-refractivity contribution >= 4 is 11.8 Å². The van der Waals surface area contributed by atoms with Gasteiger partial charge >= 0.3 is 5.97 Å². The number of hydrogen-bond acceptors (Lipinski definition) is 3. The van der Waals surface area contributed by atoms with Crippen molar-refractivity contribution in [3.8, 4) is 5.75 Å². The van der Waals surface area contributed by atoms with E-state index in [1.807, 2.05) is 0 Å². The maximum atomic E-state index is 12.1. The Kier molecular flexibility index (Phi) is 3.57. The lowest BCUT2D eigenvalue weighted by Gasteiger charge is -2.08. The number of ether oxygens (including phenoxy) is 1. The molecule has 0 heterocycles. The van der Waals surface area contributed by atoms with E-state index < -0.39 is 0 Å². The molecule has 3 heteroatoms. The molecule has 0 saturated heterocycles. The Balaban J connectivity index is 2.06. The highest BCUT2D eigenvalue weighted by Crippen LogP contribution is 2.28. The molecule has 1 aromatic rings. The summed E-state index contributed by atoms with van der Waals surface area (Å²) in [6.07, 6.45) is 4.32. The van der Waals surface area contributed by atoms with E-state index in [1.165, 1.54) is 6.92 Å². The molecule has 1 aliphatic rings. The summed E-state index contributed by atoms with van der Waals surface area (Å²) in [6, 6.07) is 6.81. The van der Waals surface area contributed by atoms with Crippen molar-refractivity contribution < 1.29 is 14.3 Å². The Hall–Kier alpha value is -1.64. The van der Waals surface area contributed by atoms with Gasteiger partial charge in [0.25, 0.3) is 0 Å². The van der Waals surface area contributed by atoms with Crippen molar-refractivity contribution in [3.05, 3.63) is 29.8 Å². The molecule has 0 N–H and O–H groups in total. The number of ketones is 1. The molecule has 0 aromatic heterocycles. The monoisotopic (exact) mass is 232 g/mol. The van der Waals surface area contributed by atoms with Crippen LogP contribution in [-0.2, 0) is 4.79 Å². The minimum atomic E-state index is -0.347. The zero-order chi connectivity index (χ0) is 12.3. The van der Waals surface area contributed by atoms with Gasteiger partial charge in [-0.25, -0.2) is 0 Å². The van der Waals surface area contributed by atoms with Crippen LogP contribution in [-0.4, -0.2) is 11.8 Å². The first-order chi connectivity index (χ1) is 8.16. The van der Waals surface area contributed by atoms with Gasteiger partial charge in [-0.3, -0.25) is 9.59 Å². The van der Waals surface area contributed by atoms with E-state index >= 15 is 0 Å². The summed E-state index contributed by atoms with van der Waals surface area (Å²) in [5.41, 5.74) is 0.716. The lowest BCUT2D eigenvalue weighted by molar-refractivity contribution is -0.131. The van der Waals surface area contributed by atoms with E-state index in [2.05, 4.69) is 0 Å². The van der Waals surface area contributed by atoms with Gasteiger partial charge in [0.1, 0.15) is 5.75 Å². The highest BCUT2D eigenvalue weighted by atomic mass is 16.5. The maximum Gasteiger partial charge on any atom is 0.308 e. The van der Waals surface area contributed by atoms with E-state index in [1.54, 1.807) is 24.3 Å². The van der Waals surface area contributed by atoms with Crippen LogP contribution in [0.1, 0.15) is 43.0 Å². The van der Waals surface area contributed by atoms with Gasteiger partial charge in [0.2, 0.25) is 0 Å². The second-order valence-corrected chi connectivity index (χ2v) is 4.46. The number of carbonyl (C=O) groups excluding carboxylic acids is 2. The number of carbonyl (C=O) groups is 2. The fraction of sp³-hybridized carbons (Fsp3) is 0.429. The molecule has 17 heavy (non-hydrogen) atoms. The molecule has 0 aliphatic heterocycles. The number of benzene rings is 1. The summed E-state index contributed by atoms with van der Waals surface area (Å²) in [5, 5.41) is 0. The minimum absolute atomic E-state index is 0.189. The van der Waals surface area contributed by atoms with Gasteiger partial charge < -0.3 is 4.74 Å². The number of rotatable bonds is 3. The third-order valence-electron chi connectivity index (χ3n) is 3.13. The van der Waals surface area contributed by atoms with E-state index in [0.717, 1.165) is 25.7 Å². The normalized spacial score (nSPS) is 15.8. The third-order valence-corrected chi connectivity index (χ3v) is 3.13. The van der Waals surface area contributed by atoms with Crippen molar-refractivity contribution in [3.63, 3.8) is 0 Å². The van der Waals surface area contributed by atoms with Crippen LogP contribution in [0.2, 0.25) is 0 Å². The number of Topliss-reactive ketones (excluding diaryl/α,β-unsaturated/α-hetero) is 1. The van der Waals surface area contributed by atoms with Gasteiger partial charge in [-0.1, -0.05) is 12.8 Å². The van der Waals surface area contributed by atoms with Crippen LogP contribution in [0.4, 0.5) is 0 Å². The predicted molar refractivity (Wildman–Crippen MR) is 64.0 cm³/mol. The molecule has 1 aliphatic carbocycles. The zero-order valence-electron chi connectivity index (χ0n) is 9.94. The molecule has 0 amide bonds. The largest absolute Gasteiger partial charge is 0.427 e. The second kappa shape index (κ2) is 5.13. The van der Waals surface area contributed by atoms with Crippen LogP contribution in [0, 0.1) is 5.92 Å². The fourth-order valence-corrected chi connectivity index (χ4v) is 2.28. The molecular weight excluding hydrogens is 216 g/mol. The Morgan fingerprint density at radius 3 is 2.24 bits per heavy atom. The highest BCUT2D eigenvalue weighted by Gasteiger charge is 2.23. The summed E-state index contributed by atoms with van der Waals surface area (Å²) in [7, 11) is 0. The molecule has 1 saturated carbocycles. The standard InChI is InChI=1S/C14H16O3/c1-10(15)17-13-8-6-12(7-9-13)14(16)11-4-2-3-5-11/h6-9,11H,2-5H2,1H3. The molecule has 0 spiro atoms. The topological polar surface area (TPSA) is 43.4 Å². The van der Waals surface area contributed by atoms with Gasteiger partial charge in [-0.15, -0.1) is 0 Å². The Labute approximate surface area is 101 Å². The third kappa shape index (κ3) is 2.93. The molecule has 90 valence electrons. The summed E-state index contributed by atoms with van der Waals surface area (Å²) in [5.74, 6) is 0.548. The smallest absolute Gasteiger partial charge is 0.308 e. The van der Waals surface area contributed by atoms with E-state index in [4.69, 9.17) is 4.74 Å². The van der Waals surface area contributed by atoms with E-state index in [0.29, 0.717) is 11.3 Å². The molecule has 0 atom stereocenters. The second-order valence-electron chi connectivity index (χ2n) is 4.46. The summed E-state index contributed by atoms with van der Waals surface area (Å²) >= 11 is 0. The predicted octanol–water partition coefficient (Wildman–Crippen LogP) is 2.98. The summed E-state index contributed by atoms with van der Waals surface area (Å²) < 4.78 is 4.92. The number of esters is 1. The van der Waals surface area contributed by atoms with Crippen molar-refractivity contribution in [2.75, 3.05) is 0 Å². The fourth-order valence-electron chi connectivity index (χ4n) is 2.28. The van der Waals surface area contributed by atoms with Gasteiger partial charge in [-0.05, 0) is 37.1 Å². The summed E-state index contributed by atoms with van der Waals surface area (Å²) in [4.78, 5) is 22.8. The molecule has 1 fully saturated rings. The van der Waals surface area contributed by atoms with Gasteiger partial charge in [-0.2, -0.15) is 0 Å². The van der Waals surface area contributed by atoms with Crippen molar-refractivity contribution in [2.45, 2.75) is 32.6 Å². The molecule has 0 bridgehead atoms. The van der Waals surface area contributed by atoms with Crippen LogP contribution in [0.15, 0.2) is 24.3 Å². The average Bonchev–Trinajstić information content (AvgIpc) is 2.82. The highest BCUT2D eigenvalue weighted by molar-refractivity contribution is 5.98. The zero-order valence-corrected chi connectivity index (χ0v) is 9.94. The van der Waals surface area contributed by atoms with Crippen LogP contribution in [0.3, 0.4) is 0 Å². The minimum Gasteiger partial charge on any atom is -0.427 e. The molecule has 0 unspecified atom stereocenters. The van der Waals surface area contributed by atoms with Gasteiger partial charge in [0.05, 0.1) is 0 Å². The van der Waals surface area contributed by atoms with Crippen molar-refractivity contribution in [2.24, 2.45) is 5.92 Å². The van der Waals surface area contributed by atoms with Crippen LogP contribution in [0.5, 0.6) is 5.75 Å². The number of hydrogen-bond donors (Lipinski definition) is 0. The maximum absolute atomic E-state index is 12.1. The first-order valence-corrected chi connectivity index (χ1v) is 5.99. The Morgan fingerprint density at radius 1 is 1.12 bits per heavy atom. The van der Waals surface area contributed by atoms with E-state index in [9.17, 15) is 9.59 Å². The molecule has 3 nitrogen and oxygen atoms in total. The van der Waals surface area contributed by atoms with E-state index in [-0.39, 0.29) is 17.7 Å². The lowest BCUT2D eigenvalue weighted by atomic mass is 9.96. The Bertz CT molecular complexity index is 414. The molecule has 2 rings (SSSR count). The van der Waals surface area contributed by atoms with Crippen molar-refractivity contribution in [1.82, 2.24) is 0 Å². The molecule has 1 aromatic carbocycles. The first-order valence-electron chi connectivity index (χ1n) is 5.99. The van der Waals surface area contributed by atoms with Gasteiger partial charge in [0, 0.05) is 18.4 Å². The lowest BCUT2D eigenvalue weighted by Crippen LogP contribution is -2.11. The Morgan fingerprint density at radius 2 is 1.71 bits per heavy atom. The quantitative estimate of drug-likeness (QED) is 0.457. The average molecular weight is 232 g/mol. The summed E-state index contributed by atoms with van der Waals surface area (Å²) in [6.45, 7) is 1.36. The van der Waals surface area contributed by atoms with Crippen LogP contribution >= 0.6 is 0 Å². The first kappa shape index (κ1) is 11.8. The molecule has 0 radical (unpaired) electrons. The van der Waals surface area contributed by atoms with Crippen molar-refractivity contribution in [1.29, 1.82) is 0 Å². The van der Waals surface area contributed by atoms with Crippen LogP contribution < -0.4 is 4.74 Å². The SMILES string of the molecule is CC(=O)Oc1ccc(C(=O)C2CCCC2)cc1.